The molecule has 0 aromatic rings. The molecule has 0 bridgehead atoms. The lowest BCUT2D eigenvalue weighted by Crippen LogP contribution is -2.23. The van der Waals surface area contributed by atoms with Crippen molar-refractivity contribution in [2.45, 2.75) is 19.4 Å². The Labute approximate surface area is 134 Å². The Bertz CT molecular complexity index is 623. The molecule has 0 radical (unpaired) electrons. The van der Waals surface area contributed by atoms with E-state index in [4.69, 9.17) is 16.4 Å². The van der Waals surface area contributed by atoms with Crippen molar-refractivity contribution >= 4 is 11.9 Å². The summed E-state index contributed by atoms with van der Waals surface area (Å²) in [6.45, 7) is 1.86. The summed E-state index contributed by atoms with van der Waals surface area (Å²) < 4.78 is 13.4. The molecule has 6 nitrogen and oxygen atoms in total. The largest absolute Gasteiger partial charge is 0.405 e. The number of hydrogen-bond donors (Lipinski definition) is 4. The molecule has 7 heteroatoms. The molecule has 2 atom stereocenters. The van der Waals surface area contributed by atoms with Crippen LogP contribution in [0.5, 0.6) is 0 Å². The highest BCUT2D eigenvalue weighted by Gasteiger charge is 2.24. The summed E-state index contributed by atoms with van der Waals surface area (Å²) >= 11 is 0. The van der Waals surface area contributed by atoms with Gasteiger partial charge in [0.2, 0.25) is 0 Å². The van der Waals surface area contributed by atoms with Gasteiger partial charge in [0.1, 0.15) is 11.9 Å². The molecule has 0 aromatic heterocycles. The van der Waals surface area contributed by atoms with E-state index in [1.165, 1.54) is 24.6 Å². The van der Waals surface area contributed by atoms with Crippen LogP contribution in [0, 0.1) is 22.7 Å². The standard InChI is InChI=1S/C16H20FN5O/c1-11(23)15-6-13(17)2-3-16(15)22-14(4-5-18)10-21-9-12(7-19)8-20/h2-5,7,9,11,15,19,21,23H,6,10,18H2,1H3/b5-4?,12-9+,19-7?,22-14?. The van der Waals surface area contributed by atoms with Crippen LogP contribution in [0.1, 0.15) is 13.3 Å². The second kappa shape index (κ2) is 9.33. The molecule has 2 unspecified atom stereocenters. The monoisotopic (exact) mass is 317 g/mol. The van der Waals surface area contributed by atoms with Crippen molar-refractivity contribution in [1.29, 1.82) is 10.7 Å². The SMILES string of the molecule is CC(O)C1CC(F)=CC=C1N=C(C=CN)CN/C=C(/C#N)C=N. The van der Waals surface area contributed by atoms with E-state index < -0.39 is 12.0 Å². The molecule has 0 aliphatic heterocycles. The topological polar surface area (TPSA) is 118 Å². The van der Waals surface area contributed by atoms with Gasteiger partial charge in [-0.1, -0.05) is 0 Å². The van der Waals surface area contributed by atoms with Gasteiger partial charge in [0.05, 0.1) is 23.9 Å². The molecule has 0 spiro atoms. The van der Waals surface area contributed by atoms with Gasteiger partial charge in [-0.05, 0) is 31.4 Å². The first kappa shape index (κ1) is 18.3. The number of nitriles is 1. The van der Waals surface area contributed by atoms with E-state index in [2.05, 4.69) is 10.3 Å². The molecule has 0 saturated carbocycles. The number of aliphatic hydroxyl groups is 1. The maximum atomic E-state index is 13.4. The number of rotatable bonds is 7. The molecule has 0 amide bonds. The lowest BCUT2D eigenvalue weighted by atomic mass is 9.91. The first-order valence-electron chi connectivity index (χ1n) is 7.06. The fourth-order valence-electron chi connectivity index (χ4n) is 2.00. The van der Waals surface area contributed by atoms with Crippen molar-refractivity contribution in [3.05, 3.63) is 47.7 Å². The zero-order chi connectivity index (χ0) is 17.2. The van der Waals surface area contributed by atoms with Gasteiger partial charge in [-0.3, -0.25) is 4.99 Å². The van der Waals surface area contributed by atoms with E-state index in [1.54, 1.807) is 13.0 Å². The van der Waals surface area contributed by atoms with Gasteiger partial charge in [0.15, 0.2) is 0 Å². The van der Waals surface area contributed by atoms with Crippen LogP contribution in [-0.4, -0.2) is 29.7 Å². The Morgan fingerprint density at radius 2 is 2.43 bits per heavy atom. The van der Waals surface area contributed by atoms with E-state index in [-0.39, 0.29) is 24.4 Å². The third-order valence-corrected chi connectivity index (χ3v) is 3.20. The second-order valence-corrected chi connectivity index (χ2v) is 4.96. The van der Waals surface area contributed by atoms with E-state index in [1.807, 2.05) is 6.07 Å². The first-order chi connectivity index (χ1) is 11.0. The number of aliphatic imine (C=N–C) groups is 1. The van der Waals surface area contributed by atoms with Gasteiger partial charge in [0.25, 0.3) is 0 Å². The molecular formula is C16H20FN5O. The van der Waals surface area contributed by atoms with E-state index >= 15 is 0 Å². The normalized spacial score (nSPS) is 20.5. The molecule has 0 fully saturated rings. The summed E-state index contributed by atoms with van der Waals surface area (Å²) in [6, 6.07) is 1.84. The van der Waals surface area contributed by atoms with Crippen LogP contribution in [0.15, 0.2) is 52.7 Å². The lowest BCUT2D eigenvalue weighted by molar-refractivity contribution is 0.138. The fraction of sp³-hybridized carbons (Fsp3) is 0.312. The highest BCUT2D eigenvalue weighted by Crippen LogP contribution is 2.29. The molecular weight excluding hydrogens is 297 g/mol. The predicted molar refractivity (Wildman–Crippen MR) is 88.3 cm³/mol. The predicted octanol–water partition coefficient (Wildman–Crippen LogP) is 1.68. The molecule has 0 saturated heterocycles. The van der Waals surface area contributed by atoms with Crippen molar-refractivity contribution in [3.8, 4) is 6.07 Å². The Morgan fingerprint density at radius 3 is 3.00 bits per heavy atom. The van der Waals surface area contributed by atoms with Crippen LogP contribution in [-0.2, 0) is 0 Å². The lowest BCUT2D eigenvalue weighted by Gasteiger charge is -2.22. The van der Waals surface area contributed by atoms with Gasteiger partial charge in [0, 0.05) is 30.5 Å². The molecule has 23 heavy (non-hydrogen) atoms. The van der Waals surface area contributed by atoms with Crippen molar-refractivity contribution in [2.75, 3.05) is 6.54 Å². The number of hydrogen-bond acceptors (Lipinski definition) is 6. The second-order valence-electron chi connectivity index (χ2n) is 4.96. The van der Waals surface area contributed by atoms with Crippen LogP contribution in [0.3, 0.4) is 0 Å². The van der Waals surface area contributed by atoms with Gasteiger partial charge < -0.3 is 21.6 Å². The van der Waals surface area contributed by atoms with E-state index in [0.717, 1.165) is 6.21 Å². The highest BCUT2D eigenvalue weighted by molar-refractivity contribution is 5.97. The number of allylic oxidation sites excluding steroid dienone is 4. The average Bonchev–Trinajstić information content (AvgIpc) is 2.53. The van der Waals surface area contributed by atoms with Crippen molar-refractivity contribution in [2.24, 2.45) is 16.6 Å². The number of aliphatic hydroxyl groups excluding tert-OH is 1. The Kier molecular flexibility index (Phi) is 7.43. The maximum Gasteiger partial charge on any atom is 0.102 e. The highest BCUT2D eigenvalue weighted by atomic mass is 19.1. The summed E-state index contributed by atoms with van der Waals surface area (Å²) in [5, 5.41) is 28.4. The number of nitrogens with two attached hydrogens (primary N) is 1. The fourth-order valence-corrected chi connectivity index (χ4v) is 2.00. The molecule has 0 aromatic carbocycles. The Balaban J connectivity index is 2.95. The molecule has 1 aliphatic carbocycles. The van der Waals surface area contributed by atoms with Crippen molar-refractivity contribution in [1.82, 2.24) is 5.32 Å². The van der Waals surface area contributed by atoms with Gasteiger partial charge in [-0.25, -0.2) is 4.39 Å². The van der Waals surface area contributed by atoms with Gasteiger partial charge in [-0.2, -0.15) is 5.26 Å². The zero-order valence-electron chi connectivity index (χ0n) is 12.8. The third-order valence-electron chi connectivity index (χ3n) is 3.20. The van der Waals surface area contributed by atoms with E-state index in [0.29, 0.717) is 11.4 Å². The Hall–Kier alpha value is -2.72. The van der Waals surface area contributed by atoms with Crippen molar-refractivity contribution < 1.29 is 9.50 Å². The number of halogens is 1. The van der Waals surface area contributed by atoms with Crippen LogP contribution in [0.25, 0.3) is 0 Å². The first-order valence-corrected chi connectivity index (χ1v) is 7.06. The summed E-state index contributed by atoms with van der Waals surface area (Å²) in [5.74, 6) is -0.718. The van der Waals surface area contributed by atoms with Crippen LogP contribution in [0.2, 0.25) is 0 Å². The van der Waals surface area contributed by atoms with Gasteiger partial charge in [-0.15, -0.1) is 0 Å². The Morgan fingerprint density at radius 1 is 1.70 bits per heavy atom. The van der Waals surface area contributed by atoms with Crippen LogP contribution < -0.4 is 11.1 Å². The van der Waals surface area contributed by atoms with Gasteiger partial charge >= 0.3 is 0 Å². The number of nitrogens with one attached hydrogen (secondary N) is 2. The minimum atomic E-state index is -0.733. The molecule has 0 heterocycles. The molecule has 1 rings (SSSR count). The third kappa shape index (κ3) is 5.88. The molecule has 1 aliphatic rings. The summed E-state index contributed by atoms with van der Waals surface area (Å²) in [4.78, 5) is 4.42. The minimum Gasteiger partial charge on any atom is -0.405 e. The minimum absolute atomic E-state index is 0.104. The van der Waals surface area contributed by atoms with Crippen LogP contribution >= 0.6 is 0 Å². The molecule has 122 valence electrons. The zero-order valence-corrected chi connectivity index (χ0v) is 12.8. The summed E-state index contributed by atoms with van der Waals surface area (Å²) in [5.41, 5.74) is 6.69. The summed E-state index contributed by atoms with van der Waals surface area (Å²) in [7, 11) is 0. The molecule has 5 N–H and O–H groups in total. The number of nitrogens with zero attached hydrogens (tertiary/aromatic N) is 2. The average molecular weight is 317 g/mol. The smallest absolute Gasteiger partial charge is 0.102 e. The maximum absolute atomic E-state index is 13.4. The quantitative estimate of drug-likeness (QED) is 0.422. The van der Waals surface area contributed by atoms with Crippen molar-refractivity contribution in [3.63, 3.8) is 0 Å². The summed E-state index contributed by atoms with van der Waals surface area (Å²) in [6.07, 6.45) is 7.47. The van der Waals surface area contributed by atoms with E-state index in [9.17, 15) is 9.50 Å². The van der Waals surface area contributed by atoms with Crippen LogP contribution in [0.4, 0.5) is 4.39 Å².